The van der Waals surface area contributed by atoms with Crippen molar-refractivity contribution in [3.05, 3.63) is 33.7 Å². The van der Waals surface area contributed by atoms with Gasteiger partial charge in [-0.1, -0.05) is 32.1 Å². The van der Waals surface area contributed by atoms with Crippen LogP contribution >= 0.6 is 23.1 Å². The molecule has 0 unspecified atom stereocenters. The third-order valence-electron chi connectivity index (χ3n) is 4.31. The van der Waals surface area contributed by atoms with Crippen molar-refractivity contribution in [1.29, 1.82) is 0 Å². The van der Waals surface area contributed by atoms with Crippen molar-refractivity contribution in [3.8, 4) is 0 Å². The van der Waals surface area contributed by atoms with Crippen LogP contribution in [0.2, 0.25) is 0 Å². The van der Waals surface area contributed by atoms with E-state index in [0.717, 1.165) is 18.5 Å². The molecule has 1 aliphatic carbocycles. The maximum Gasteiger partial charge on any atom is 0.258 e. The van der Waals surface area contributed by atoms with E-state index in [1.54, 1.807) is 16.7 Å². The quantitative estimate of drug-likeness (QED) is 0.884. The molecule has 0 aliphatic heterocycles. The summed E-state index contributed by atoms with van der Waals surface area (Å²) in [6.07, 6.45) is 10.3. The summed E-state index contributed by atoms with van der Waals surface area (Å²) in [6, 6.07) is 1.89. The Hall–Kier alpha value is -1.34. The highest BCUT2D eigenvalue weighted by Gasteiger charge is 2.14. The molecule has 0 atom stereocenters. The fourth-order valence-corrected chi connectivity index (χ4v) is 4.55. The van der Waals surface area contributed by atoms with Crippen LogP contribution in [-0.2, 0) is 10.5 Å². The van der Waals surface area contributed by atoms with Gasteiger partial charge in [-0.3, -0.25) is 14.0 Å². The predicted molar refractivity (Wildman–Crippen MR) is 99.8 cm³/mol. The molecular formula is C17H23N3O2S2. The molecule has 1 aliphatic rings. The van der Waals surface area contributed by atoms with Crippen LogP contribution in [0.4, 0.5) is 0 Å². The summed E-state index contributed by atoms with van der Waals surface area (Å²) in [6.45, 7) is 0. The topological polar surface area (TPSA) is 63.5 Å². The molecule has 0 saturated heterocycles. The molecule has 7 heteroatoms. The van der Waals surface area contributed by atoms with Gasteiger partial charge >= 0.3 is 0 Å². The molecule has 130 valence electrons. The van der Waals surface area contributed by atoms with Gasteiger partial charge in [0, 0.05) is 29.4 Å². The van der Waals surface area contributed by atoms with Crippen molar-refractivity contribution in [2.24, 2.45) is 0 Å². The summed E-state index contributed by atoms with van der Waals surface area (Å²) in [7, 11) is 0. The van der Waals surface area contributed by atoms with E-state index in [-0.39, 0.29) is 11.5 Å². The predicted octanol–water partition coefficient (Wildman–Crippen LogP) is 3.22. The second-order valence-electron chi connectivity index (χ2n) is 6.24. The normalized spacial score (nSPS) is 16.7. The Morgan fingerprint density at radius 3 is 2.83 bits per heavy atom. The molecule has 2 aromatic heterocycles. The third kappa shape index (κ3) is 4.83. The van der Waals surface area contributed by atoms with E-state index in [1.165, 1.54) is 55.2 Å². The number of amides is 1. The van der Waals surface area contributed by atoms with Gasteiger partial charge in [-0.25, -0.2) is 4.98 Å². The first kappa shape index (κ1) is 17.5. The Morgan fingerprint density at radius 2 is 2.04 bits per heavy atom. The average Bonchev–Trinajstić information content (AvgIpc) is 2.99. The van der Waals surface area contributed by atoms with Crippen LogP contribution in [0, 0.1) is 0 Å². The molecule has 24 heavy (non-hydrogen) atoms. The van der Waals surface area contributed by atoms with Crippen LogP contribution in [0.5, 0.6) is 0 Å². The van der Waals surface area contributed by atoms with Gasteiger partial charge in [0.25, 0.3) is 5.56 Å². The summed E-state index contributed by atoms with van der Waals surface area (Å²) in [5.74, 6) is 1.10. The van der Waals surface area contributed by atoms with Crippen molar-refractivity contribution in [3.63, 3.8) is 0 Å². The second-order valence-corrected chi connectivity index (χ2v) is 8.10. The monoisotopic (exact) mass is 365 g/mol. The van der Waals surface area contributed by atoms with Gasteiger partial charge in [0.05, 0.1) is 11.4 Å². The number of nitrogens with zero attached hydrogens (tertiary/aromatic N) is 2. The fraction of sp³-hybridized carbons (Fsp3) is 0.588. The molecule has 0 radical (unpaired) electrons. The molecule has 1 saturated carbocycles. The van der Waals surface area contributed by atoms with E-state index in [2.05, 4.69) is 10.3 Å². The zero-order valence-electron chi connectivity index (χ0n) is 13.7. The molecule has 0 bridgehead atoms. The summed E-state index contributed by atoms with van der Waals surface area (Å²) in [5.41, 5.74) is 0.682. The molecule has 1 N–H and O–H groups in total. The number of nitrogens with one attached hydrogen (secondary N) is 1. The molecule has 0 aromatic carbocycles. The molecule has 1 amide bonds. The number of rotatable bonds is 5. The van der Waals surface area contributed by atoms with E-state index >= 15 is 0 Å². The maximum absolute atomic E-state index is 12.1. The lowest BCUT2D eigenvalue weighted by atomic mass is 9.97. The zero-order chi connectivity index (χ0) is 16.8. The average molecular weight is 366 g/mol. The smallest absolute Gasteiger partial charge is 0.258 e. The van der Waals surface area contributed by atoms with Crippen molar-refractivity contribution < 1.29 is 4.79 Å². The van der Waals surface area contributed by atoms with Crippen molar-refractivity contribution >= 4 is 34.0 Å². The Labute approximate surface area is 149 Å². The fourth-order valence-electron chi connectivity index (χ4n) is 3.08. The Morgan fingerprint density at radius 1 is 1.29 bits per heavy atom. The molecule has 2 aromatic rings. The number of carbonyl (C=O) groups excluding carboxylic acids is 1. The van der Waals surface area contributed by atoms with Gasteiger partial charge in [0.15, 0.2) is 4.96 Å². The summed E-state index contributed by atoms with van der Waals surface area (Å²) in [4.78, 5) is 29.2. The van der Waals surface area contributed by atoms with Gasteiger partial charge in [-0.05, 0) is 12.8 Å². The Bertz CT molecular complexity index is 733. The first-order valence-electron chi connectivity index (χ1n) is 8.55. The summed E-state index contributed by atoms with van der Waals surface area (Å²) < 4.78 is 1.54. The minimum atomic E-state index is -0.0594. The number of aromatic nitrogens is 2. The van der Waals surface area contributed by atoms with E-state index in [0.29, 0.717) is 22.5 Å². The van der Waals surface area contributed by atoms with Gasteiger partial charge in [0.1, 0.15) is 0 Å². The second kappa shape index (κ2) is 8.67. The lowest BCUT2D eigenvalue weighted by Gasteiger charge is -2.20. The van der Waals surface area contributed by atoms with Crippen molar-refractivity contribution in [2.75, 3.05) is 5.75 Å². The van der Waals surface area contributed by atoms with Crippen LogP contribution in [-0.4, -0.2) is 27.1 Å². The first-order chi connectivity index (χ1) is 11.7. The van der Waals surface area contributed by atoms with Gasteiger partial charge < -0.3 is 5.32 Å². The largest absolute Gasteiger partial charge is 0.353 e. The molecule has 2 heterocycles. The number of fused-ring (bicyclic) bond motifs is 1. The van der Waals surface area contributed by atoms with Crippen molar-refractivity contribution in [2.45, 2.75) is 56.7 Å². The molecule has 0 spiro atoms. The van der Waals surface area contributed by atoms with E-state index in [9.17, 15) is 9.59 Å². The van der Waals surface area contributed by atoms with E-state index < -0.39 is 0 Å². The Kier molecular flexibility index (Phi) is 6.31. The zero-order valence-corrected chi connectivity index (χ0v) is 15.3. The number of thiazole rings is 1. The SMILES string of the molecule is O=C(CSCc1cc(=O)n2ccsc2n1)NC1CCCCCCC1. The lowest BCUT2D eigenvalue weighted by Crippen LogP contribution is -2.36. The first-order valence-corrected chi connectivity index (χ1v) is 10.6. The summed E-state index contributed by atoms with van der Waals surface area (Å²) >= 11 is 2.96. The number of hydrogen-bond acceptors (Lipinski definition) is 5. The highest BCUT2D eigenvalue weighted by atomic mass is 32.2. The van der Waals surface area contributed by atoms with Crippen LogP contribution < -0.4 is 10.9 Å². The highest BCUT2D eigenvalue weighted by Crippen LogP contribution is 2.17. The third-order valence-corrected chi connectivity index (χ3v) is 6.03. The van der Waals surface area contributed by atoms with Crippen molar-refractivity contribution in [1.82, 2.24) is 14.7 Å². The molecular weight excluding hydrogens is 342 g/mol. The minimum absolute atomic E-state index is 0.0594. The molecule has 3 rings (SSSR count). The van der Waals surface area contributed by atoms with Gasteiger partial charge in [-0.2, -0.15) is 0 Å². The van der Waals surface area contributed by atoms with E-state index in [4.69, 9.17) is 0 Å². The van der Waals surface area contributed by atoms with Crippen LogP contribution in [0.3, 0.4) is 0 Å². The number of carbonyl (C=O) groups is 1. The lowest BCUT2D eigenvalue weighted by molar-refractivity contribution is -0.119. The molecule has 5 nitrogen and oxygen atoms in total. The van der Waals surface area contributed by atoms with Gasteiger partial charge in [-0.15, -0.1) is 23.1 Å². The Balaban J connectivity index is 1.46. The summed E-state index contributed by atoms with van der Waals surface area (Å²) in [5, 5.41) is 5.02. The maximum atomic E-state index is 12.1. The number of thioether (sulfide) groups is 1. The molecule has 1 fully saturated rings. The van der Waals surface area contributed by atoms with Crippen LogP contribution in [0.25, 0.3) is 4.96 Å². The highest BCUT2D eigenvalue weighted by molar-refractivity contribution is 7.99. The number of hydrogen-bond donors (Lipinski definition) is 1. The van der Waals surface area contributed by atoms with Crippen LogP contribution in [0.15, 0.2) is 22.4 Å². The van der Waals surface area contributed by atoms with Crippen LogP contribution in [0.1, 0.15) is 50.6 Å². The van der Waals surface area contributed by atoms with E-state index in [1.807, 2.05) is 5.38 Å². The standard InChI is InChI=1S/C17H23N3O2S2/c21-15(18-13-6-4-2-1-3-5-7-13)12-23-11-14-10-16(22)20-8-9-24-17(20)19-14/h8-10,13H,1-7,11-12H2,(H,18,21). The minimum Gasteiger partial charge on any atom is -0.353 e. The van der Waals surface area contributed by atoms with Gasteiger partial charge in [0.2, 0.25) is 5.91 Å².